The first-order valence-corrected chi connectivity index (χ1v) is 8.91. The van der Waals surface area contributed by atoms with E-state index in [0.717, 1.165) is 17.9 Å². The first-order valence-electron chi connectivity index (χ1n) is 7.80. The van der Waals surface area contributed by atoms with Crippen LogP contribution in [0.25, 0.3) is 0 Å². The van der Waals surface area contributed by atoms with E-state index >= 15 is 0 Å². The predicted octanol–water partition coefficient (Wildman–Crippen LogP) is 4.17. The molecule has 0 radical (unpaired) electrons. The molecule has 0 bridgehead atoms. The second kappa shape index (κ2) is 8.42. The Kier molecular flexibility index (Phi) is 7.20. The molecule has 4 nitrogen and oxygen atoms in total. The Balaban J connectivity index is 2.68. The summed E-state index contributed by atoms with van der Waals surface area (Å²) < 4.78 is 21.6. The average molecular weight is 324 g/mol. The molecule has 1 aromatic heterocycles. The van der Waals surface area contributed by atoms with Gasteiger partial charge >= 0.3 is 0 Å². The van der Waals surface area contributed by atoms with Gasteiger partial charge in [-0.25, -0.2) is 4.21 Å². The van der Waals surface area contributed by atoms with Crippen LogP contribution in [0.4, 0.5) is 0 Å². The molecule has 0 saturated carbocycles. The topological polar surface area (TPSA) is 51.5 Å². The van der Waals surface area contributed by atoms with Crippen molar-refractivity contribution in [2.24, 2.45) is 10.3 Å². The van der Waals surface area contributed by atoms with Gasteiger partial charge in [-0.15, -0.1) is 0 Å². The van der Waals surface area contributed by atoms with Crippen LogP contribution in [0.1, 0.15) is 60.1 Å². The second-order valence-corrected chi connectivity index (χ2v) is 8.53. The maximum absolute atomic E-state index is 12.0. The predicted molar refractivity (Wildman–Crippen MR) is 93.9 cm³/mol. The van der Waals surface area contributed by atoms with Crippen LogP contribution in [-0.2, 0) is 11.0 Å². The van der Waals surface area contributed by atoms with Crippen molar-refractivity contribution in [3.8, 4) is 5.75 Å². The zero-order chi connectivity index (χ0) is 16.8. The monoisotopic (exact) mass is 324 g/mol. The molecule has 0 N–H and O–H groups in total. The van der Waals surface area contributed by atoms with Gasteiger partial charge in [0.05, 0.1) is 29.0 Å². The Morgan fingerprint density at radius 3 is 2.59 bits per heavy atom. The number of hydrogen-bond donors (Lipinski definition) is 0. The number of rotatable bonds is 7. The molecule has 1 aromatic rings. The molecule has 22 heavy (non-hydrogen) atoms. The Morgan fingerprint density at radius 1 is 1.41 bits per heavy atom. The summed E-state index contributed by atoms with van der Waals surface area (Å²) >= 11 is 0. The van der Waals surface area contributed by atoms with E-state index in [2.05, 4.69) is 23.2 Å². The molecule has 0 saturated heterocycles. The lowest BCUT2D eigenvalue weighted by Crippen LogP contribution is -2.20. The molecule has 0 aromatic carbocycles. The lowest BCUT2D eigenvalue weighted by Gasteiger charge is -2.14. The maximum atomic E-state index is 12.0. The van der Waals surface area contributed by atoms with Crippen LogP contribution in [0.5, 0.6) is 5.75 Å². The molecule has 2 atom stereocenters. The fraction of sp³-hybridized carbons (Fsp3) is 0.647. The van der Waals surface area contributed by atoms with Crippen LogP contribution in [0.15, 0.2) is 22.7 Å². The number of nitrogens with zero attached hydrogens (tertiary/aromatic N) is 2. The summed E-state index contributed by atoms with van der Waals surface area (Å²) in [4.78, 5) is 4.35. The molecule has 0 spiro atoms. The van der Waals surface area contributed by atoms with Gasteiger partial charge < -0.3 is 4.74 Å². The van der Waals surface area contributed by atoms with Crippen molar-refractivity contribution >= 4 is 16.7 Å². The number of ether oxygens (including phenoxy) is 1. The third-order valence-electron chi connectivity index (χ3n) is 3.17. The van der Waals surface area contributed by atoms with E-state index in [1.165, 1.54) is 6.42 Å². The summed E-state index contributed by atoms with van der Waals surface area (Å²) in [5.74, 6) is 1.30. The normalized spacial score (nSPS) is 15.5. The first-order chi connectivity index (χ1) is 10.2. The second-order valence-electron chi connectivity index (χ2n) is 6.62. The van der Waals surface area contributed by atoms with Gasteiger partial charge in [0.1, 0.15) is 16.7 Å². The Labute approximate surface area is 137 Å². The largest absolute Gasteiger partial charge is 0.492 e. The SMILES string of the molecule is CCCC(C)COc1ccc(/C(C)=N/[S@](=O)C(C)(C)C)nc1. The van der Waals surface area contributed by atoms with Crippen molar-refractivity contribution in [3.63, 3.8) is 0 Å². The van der Waals surface area contributed by atoms with Gasteiger partial charge in [-0.2, -0.15) is 4.40 Å². The van der Waals surface area contributed by atoms with Crippen molar-refractivity contribution in [3.05, 3.63) is 24.0 Å². The fourth-order valence-electron chi connectivity index (χ4n) is 1.80. The highest BCUT2D eigenvalue weighted by atomic mass is 32.2. The minimum Gasteiger partial charge on any atom is -0.492 e. The zero-order valence-corrected chi connectivity index (χ0v) is 15.4. The molecule has 5 heteroatoms. The van der Waals surface area contributed by atoms with E-state index in [4.69, 9.17) is 4.74 Å². The molecular formula is C17H28N2O2S. The zero-order valence-electron chi connectivity index (χ0n) is 14.5. The van der Waals surface area contributed by atoms with Crippen LogP contribution in [0.2, 0.25) is 0 Å². The molecular weight excluding hydrogens is 296 g/mol. The van der Waals surface area contributed by atoms with E-state index in [-0.39, 0.29) is 4.75 Å². The van der Waals surface area contributed by atoms with Crippen LogP contribution in [0.3, 0.4) is 0 Å². The summed E-state index contributed by atoms with van der Waals surface area (Å²) in [5, 5.41) is 0. The Hall–Kier alpha value is -1.23. The molecule has 1 heterocycles. The minimum atomic E-state index is -1.27. The number of aromatic nitrogens is 1. The van der Waals surface area contributed by atoms with Gasteiger partial charge in [-0.3, -0.25) is 4.98 Å². The highest BCUT2D eigenvalue weighted by Gasteiger charge is 2.19. The smallest absolute Gasteiger partial charge is 0.145 e. The highest BCUT2D eigenvalue weighted by molar-refractivity contribution is 7.85. The average Bonchev–Trinajstić information content (AvgIpc) is 2.45. The summed E-state index contributed by atoms with van der Waals surface area (Å²) in [6.45, 7) is 12.6. The standard InChI is InChI=1S/C17H28N2O2S/c1-7-8-13(2)12-21-15-9-10-16(18-11-15)14(3)19-22(20)17(4,5)6/h9-11,13H,7-8,12H2,1-6H3/b19-14+/t13?,22-/m1/s1. The van der Waals surface area contributed by atoms with E-state index in [1.54, 1.807) is 6.20 Å². The molecule has 1 unspecified atom stereocenters. The van der Waals surface area contributed by atoms with E-state index in [1.807, 2.05) is 39.8 Å². The summed E-state index contributed by atoms with van der Waals surface area (Å²) in [7, 11) is -1.27. The van der Waals surface area contributed by atoms with E-state index < -0.39 is 11.0 Å². The van der Waals surface area contributed by atoms with Crippen molar-refractivity contribution in [1.29, 1.82) is 0 Å². The number of pyridine rings is 1. The molecule has 0 fully saturated rings. The lowest BCUT2D eigenvalue weighted by molar-refractivity contribution is 0.250. The van der Waals surface area contributed by atoms with Crippen molar-refractivity contribution in [2.75, 3.05) is 6.61 Å². The van der Waals surface area contributed by atoms with Crippen LogP contribution >= 0.6 is 0 Å². The Morgan fingerprint density at radius 2 is 2.09 bits per heavy atom. The summed E-state index contributed by atoms with van der Waals surface area (Å²) in [5.41, 5.74) is 1.41. The van der Waals surface area contributed by atoms with Gasteiger partial charge in [0.15, 0.2) is 0 Å². The first kappa shape index (κ1) is 18.8. The van der Waals surface area contributed by atoms with Crippen LogP contribution in [-0.4, -0.2) is 26.3 Å². The molecule has 124 valence electrons. The van der Waals surface area contributed by atoms with Crippen molar-refractivity contribution in [2.45, 2.75) is 59.1 Å². The van der Waals surface area contributed by atoms with Crippen molar-refractivity contribution in [1.82, 2.24) is 4.98 Å². The van der Waals surface area contributed by atoms with Gasteiger partial charge in [0.25, 0.3) is 0 Å². The number of hydrogen-bond acceptors (Lipinski definition) is 3. The van der Waals surface area contributed by atoms with Crippen LogP contribution < -0.4 is 4.74 Å². The highest BCUT2D eigenvalue weighted by Crippen LogP contribution is 2.16. The van der Waals surface area contributed by atoms with Gasteiger partial charge in [-0.05, 0) is 52.2 Å². The van der Waals surface area contributed by atoms with Gasteiger partial charge in [-0.1, -0.05) is 20.3 Å². The van der Waals surface area contributed by atoms with E-state index in [0.29, 0.717) is 18.2 Å². The van der Waals surface area contributed by atoms with Crippen LogP contribution in [0, 0.1) is 5.92 Å². The third-order valence-corrected chi connectivity index (χ3v) is 4.65. The fourth-order valence-corrected chi connectivity index (χ4v) is 2.42. The van der Waals surface area contributed by atoms with Crippen molar-refractivity contribution < 1.29 is 8.95 Å². The lowest BCUT2D eigenvalue weighted by atomic mass is 10.1. The Bertz CT molecular complexity index is 518. The maximum Gasteiger partial charge on any atom is 0.145 e. The molecule has 0 aliphatic carbocycles. The summed E-state index contributed by atoms with van der Waals surface area (Å²) in [6.07, 6.45) is 4.03. The molecule has 1 rings (SSSR count). The summed E-state index contributed by atoms with van der Waals surface area (Å²) in [6, 6.07) is 3.75. The van der Waals surface area contributed by atoms with E-state index in [9.17, 15) is 4.21 Å². The quantitative estimate of drug-likeness (QED) is 0.707. The minimum absolute atomic E-state index is 0.361. The molecule has 0 aliphatic heterocycles. The van der Waals surface area contributed by atoms with Gasteiger partial charge in [0, 0.05) is 0 Å². The van der Waals surface area contributed by atoms with Gasteiger partial charge in [0.2, 0.25) is 0 Å². The molecule has 0 aliphatic rings. The molecule has 0 amide bonds. The third kappa shape index (κ3) is 6.26.